The minimum Gasteiger partial charge on any atom is -0.384 e. The third-order valence-electron chi connectivity index (χ3n) is 3.58. The van der Waals surface area contributed by atoms with Crippen LogP contribution >= 0.6 is 0 Å². The fourth-order valence-corrected chi connectivity index (χ4v) is 2.46. The molecule has 1 saturated heterocycles. The van der Waals surface area contributed by atoms with Crippen molar-refractivity contribution < 1.29 is 9.53 Å². The van der Waals surface area contributed by atoms with Crippen LogP contribution in [0.4, 0.5) is 0 Å². The lowest BCUT2D eigenvalue weighted by Crippen LogP contribution is -2.37. The van der Waals surface area contributed by atoms with Crippen LogP contribution < -0.4 is 5.69 Å². The molecule has 1 unspecified atom stereocenters. The number of rotatable bonds is 4. The molecule has 1 amide bonds. The lowest BCUT2D eigenvalue weighted by atomic mass is 9.91. The molecule has 1 aliphatic rings. The van der Waals surface area contributed by atoms with Crippen LogP contribution in [-0.4, -0.2) is 52.0 Å². The lowest BCUT2D eigenvalue weighted by molar-refractivity contribution is -0.131. The van der Waals surface area contributed by atoms with Gasteiger partial charge in [-0.15, -0.1) is 0 Å². The Morgan fingerprint density at radius 1 is 1.58 bits per heavy atom. The molecule has 1 atom stereocenters. The molecule has 19 heavy (non-hydrogen) atoms. The molecule has 7 heteroatoms. The number of aromatic nitrogens is 3. The van der Waals surface area contributed by atoms with Crippen LogP contribution in [0.25, 0.3) is 0 Å². The summed E-state index contributed by atoms with van der Waals surface area (Å²) in [6.45, 7) is 4.13. The SMILES string of the molecule is COCC1(C)CCN(C(=O)Cn2ncn(C)c2=O)C1. The number of hydrogen-bond donors (Lipinski definition) is 0. The molecular formula is C12H20N4O3. The fraction of sp³-hybridized carbons (Fsp3) is 0.750. The van der Waals surface area contributed by atoms with E-state index in [9.17, 15) is 9.59 Å². The van der Waals surface area contributed by atoms with Crippen LogP contribution in [0, 0.1) is 5.41 Å². The van der Waals surface area contributed by atoms with Crippen molar-refractivity contribution in [1.82, 2.24) is 19.2 Å². The number of nitrogens with zero attached hydrogens (tertiary/aromatic N) is 4. The van der Waals surface area contributed by atoms with Gasteiger partial charge in [-0.3, -0.25) is 9.36 Å². The van der Waals surface area contributed by atoms with Crippen molar-refractivity contribution in [3.8, 4) is 0 Å². The van der Waals surface area contributed by atoms with Crippen LogP contribution in [0.15, 0.2) is 11.1 Å². The predicted molar refractivity (Wildman–Crippen MR) is 68.6 cm³/mol. The van der Waals surface area contributed by atoms with Gasteiger partial charge in [0.15, 0.2) is 0 Å². The monoisotopic (exact) mass is 268 g/mol. The van der Waals surface area contributed by atoms with Gasteiger partial charge in [0, 0.05) is 32.7 Å². The highest BCUT2D eigenvalue weighted by Gasteiger charge is 2.36. The average Bonchev–Trinajstić information content (AvgIpc) is 2.88. The summed E-state index contributed by atoms with van der Waals surface area (Å²) < 4.78 is 7.73. The van der Waals surface area contributed by atoms with Gasteiger partial charge in [-0.25, -0.2) is 9.48 Å². The zero-order chi connectivity index (χ0) is 14.0. The van der Waals surface area contributed by atoms with E-state index >= 15 is 0 Å². The first-order valence-corrected chi connectivity index (χ1v) is 6.30. The van der Waals surface area contributed by atoms with Gasteiger partial charge in [0.1, 0.15) is 12.9 Å². The summed E-state index contributed by atoms with van der Waals surface area (Å²) in [7, 11) is 3.28. The highest BCUT2D eigenvalue weighted by atomic mass is 16.5. The third-order valence-corrected chi connectivity index (χ3v) is 3.58. The molecule has 0 aromatic carbocycles. The summed E-state index contributed by atoms with van der Waals surface area (Å²) in [4.78, 5) is 25.5. The second kappa shape index (κ2) is 5.16. The Kier molecular flexibility index (Phi) is 3.75. The number of amides is 1. The van der Waals surface area contributed by atoms with Crippen molar-refractivity contribution in [2.45, 2.75) is 19.9 Å². The zero-order valence-corrected chi connectivity index (χ0v) is 11.6. The number of likely N-dealkylation sites (tertiary alicyclic amines) is 1. The van der Waals surface area contributed by atoms with Gasteiger partial charge in [0.2, 0.25) is 5.91 Å². The molecule has 1 aromatic heterocycles. The van der Waals surface area contributed by atoms with Crippen LogP contribution in [0.5, 0.6) is 0 Å². The summed E-state index contributed by atoms with van der Waals surface area (Å²) in [5.74, 6) is -0.0689. The number of methoxy groups -OCH3 is 1. The van der Waals surface area contributed by atoms with E-state index in [1.807, 2.05) is 0 Å². The van der Waals surface area contributed by atoms with Crippen molar-refractivity contribution in [2.75, 3.05) is 26.8 Å². The Morgan fingerprint density at radius 2 is 2.32 bits per heavy atom. The predicted octanol–water partition coefficient (Wildman–Crippen LogP) is -0.533. The van der Waals surface area contributed by atoms with Crippen LogP contribution in [0.2, 0.25) is 0 Å². The first-order valence-electron chi connectivity index (χ1n) is 6.30. The van der Waals surface area contributed by atoms with Gasteiger partial charge < -0.3 is 9.64 Å². The number of carbonyl (C=O) groups is 1. The van der Waals surface area contributed by atoms with Crippen molar-refractivity contribution in [3.05, 3.63) is 16.8 Å². The van der Waals surface area contributed by atoms with Crippen molar-refractivity contribution >= 4 is 5.91 Å². The molecule has 0 aliphatic carbocycles. The molecule has 7 nitrogen and oxygen atoms in total. The summed E-state index contributed by atoms with van der Waals surface area (Å²) >= 11 is 0. The van der Waals surface area contributed by atoms with Gasteiger partial charge in [0.05, 0.1) is 6.61 Å². The Bertz CT molecular complexity index is 521. The maximum Gasteiger partial charge on any atom is 0.345 e. The minimum absolute atomic E-state index is 0.00271. The molecular weight excluding hydrogens is 248 g/mol. The van der Waals surface area contributed by atoms with Gasteiger partial charge in [0.25, 0.3) is 0 Å². The van der Waals surface area contributed by atoms with E-state index in [4.69, 9.17) is 4.74 Å². The molecule has 1 fully saturated rings. The van der Waals surface area contributed by atoms with E-state index in [0.717, 1.165) is 6.42 Å². The Labute approximate surface area is 111 Å². The van der Waals surface area contributed by atoms with Crippen LogP contribution in [0.1, 0.15) is 13.3 Å². The van der Waals surface area contributed by atoms with Crippen molar-refractivity contribution in [1.29, 1.82) is 0 Å². The lowest BCUT2D eigenvalue weighted by Gasteiger charge is -2.23. The van der Waals surface area contributed by atoms with E-state index < -0.39 is 0 Å². The quantitative estimate of drug-likeness (QED) is 0.736. The number of ether oxygens (including phenoxy) is 1. The standard InChI is InChI=1S/C12H20N4O3/c1-12(8-19-3)4-5-15(7-12)10(17)6-16-11(18)14(2)9-13-16/h9H,4-8H2,1-3H3. The summed E-state index contributed by atoms with van der Waals surface area (Å²) in [6, 6.07) is 0. The zero-order valence-electron chi connectivity index (χ0n) is 11.6. The molecule has 0 radical (unpaired) electrons. The van der Waals surface area contributed by atoms with Gasteiger partial charge in [-0.2, -0.15) is 5.10 Å². The van der Waals surface area contributed by atoms with Crippen LogP contribution in [-0.2, 0) is 23.1 Å². The Morgan fingerprint density at radius 3 is 2.89 bits per heavy atom. The molecule has 0 spiro atoms. The first-order chi connectivity index (χ1) is 8.95. The number of aryl methyl sites for hydroxylation is 1. The summed E-state index contributed by atoms with van der Waals surface area (Å²) in [5.41, 5.74) is -0.258. The second-order valence-corrected chi connectivity index (χ2v) is 5.49. The topological polar surface area (TPSA) is 69.4 Å². The average molecular weight is 268 g/mol. The fourth-order valence-electron chi connectivity index (χ4n) is 2.46. The molecule has 0 N–H and O–H groups in total. The van der Waals surface area contributed by atoms with E-state index in [2.05, 4.69) is 12.0 Å². The highest BCUT2D eigenvalue weighted by Crippen LogP contribution is 2.29. The third kappa shape index (κ3) is 2.86. The largest absolute Gasteiger partial charge is 0.384 e. The summed E-state index contributed by atoms with van der Waals surface area (Å²) in [6.07, 6.45) is 2.33. The van der Waals surface area contributed by atoms with E-state index in [1.165, 1.54) is 15.6 Å². The van der Waals surface area contributed by atoms with Gasteiger partial charge >= 0.3 is 5.69 Å². The van der Waals surface area contributed by atoms with E-state index in [0.29, 0.717) is 19.7 Å². The summed E-state index contributed by atoms with van der Waals surface area (Å²) in [5, 5.41) is 3.89. The number of carbonyl (C=O) groups excluding carboxylic acids is 1. The molecule has 0 saturated carbocycles. The van der Waals surface area contributed by atoms with Gasteiger partial charge in [-0.1, -0.05) is 6.92 Å². The Balaban J connectivity index is 1.99. The molecule has 0 bridgehead atoms. The maximum absolute atomic E-state index is 12.1. The molecule has 1 aliphatic heterocycles. The Hall–Kier alpha value is -1.63. The van der Waals surface area contributed by atoms with Crippen LogP contribution in [0.3, 0.4) is 0 Å². The normalized spacial score (nSPS) is 23.0. The highest BCUT2D eigenvalue weighted by molar-refractivity contribution is 5.76. The van der Waals surface area contributed by atoms with Gasteiger partial charge in [-0.05, 0) is 6.42 Å². The van der Waals surface area contributed by atoms with Crippen molar-refractivity contribution in [3.63, 3.8) is 0 Å². The minimum atomic E-state index is -0.271. The maximum atomic E-state index is 12.1. The smallest absolute Gasteiger partial charge is 0.345 e. The van der Waals surface area contributed by atoms with E-state index in [-0.39, 0.29) is 23.6 Å². The second-order valence-electron chi connectivity index (χ2n) is 5.49. The molecule has 1 aromatic rings. The molecule has 2 heterocycles. The van der Waals surface area contributed by atoms with Crippen molar-refractivity contribution in [2.24, 2.45) is 12.5 Å². The molecule has 2 rings (SSSR count). The molecule has 106 valence electrons. The number of hydrogen-bond acceptors (Lipinski definition) is 4. The van der Waals surface area contributed by atoms with E-state index in [1.54, 1.807) is 19.1 Å². The first kappa shape index (κ1) is 13.8.